The number of hydrogen-bond acceptors (Lipinski definition) is 5. The van der Waals surface area contributed by atoms with E-state index in [4.69, 9.17) is 10.5 Å². The van der Waals surface area contributed by atoms with Gasteiger partial charge in [0.1, 0.15) is 23.5 Å². The second-order valence-corrected chi connectivity index (χ2v) is 7.20. The fourth-order valence-corrected chi connectivity index (χ4v) is 3.16. The monoisotopic (exact) mass is 310 g/mol. The fourth-order valence-electron chi connectivity index (χ4n) is 1.91. The van der Waals surface area contributed by atoms with Crippen molar-refractivity contribution in [3.8, 4) is 12.1 Å². The molecule has 0 bridgehead atoms. The molecule has 1 unspecified atom stereocenters. The van der Waals surface area contributed by atoms with Gasteiger partial charge >= 0.3 is 0 Å². The molecular formula is C16H14N4OS. The molecular weight excluding hydrogens is 296 g/mol. The molecule has 1 aromatic rings. The van der Waals surface area contributed by atoms with Gasteiger partial charge in [0.05, 0.1) is 5.71 Å². The number of nitriles is 2. The van der Waals surface area contributed by atoms with E-state index < -0.39 is 9.52 Å². The van der Waals surface area contributed by atoms with Gasteiger partial charge in [0, 0.05) is 28.3 Å². The van der Waals surface area contributed by atoms with Crippen LogP contribution in [0.2, 0.25) is 0 Å². The first-order chi connectivity index (χ1) is 10.4. The Kier molecular flexibility index (Phi) is 4.45. The summed E-state index contributed by atoms with van der Waals surface area (Å²) in [5.41, 5.74) is 1.80. The Morgan fingerprint density at radius 2 is 1.86 bits per heavy atom. The SMILES string of the molecule is CC(NC1=CS(C)(=O)=CC(c2ccccc2)=N1)=C(C#N)C#N. The van der Waals surface area contributed by atoms with Crippen molar-refractivity contribution in [3.63, 3.8) is 0 Å². The predicted molar refractivity (Wildman–Crippen MR) is 88.3 cm³/mol. The lowest BCUT2D eigenvalue weighted by atomic mass is 10.1. The molecule has 1 atom stereocenters. The highest BCUT2D eigenvalue weighted by Crippen LogP contribution is 2.12. The van der Waals surface area contributed by atoms with Gasteiger partial charge < -0.3 is 5.32 Å². The summed E-state index contributed by atoms with van der Waals surface area (Å²) < 4.78 is 12.5. The quantitative estimate of drug-likeness (QED) is 0.682. The topological polar surface area (TPSA) is 89.0 Å². The van der Waals surface area contributed by atoms with Crippen molar-refractivity contribution >= 4 is 20.6 Å². The molecule has 1 aliphatic heterocycles. The Morgan fingerprint density at radius 3 is 2.45 bits per heavy atom. The molecule has 0 amide bonds. The van der Waals surface area contributed by atoms with Crippen LogP contribution in [-0.2, 0) is 9.52 Å². The maximum atomic E-state index is 12.5. The third-order valence-electron chi connectivity index (χ3n) is 2.92. The van der Waals surface area contributed by atoms with Crippen molar-refractivity contribution in [2.75, 3.05) is 6.26 Å². The van der Waals surface area contributed by atoms with E-state index in [1.807, 2.05) is 30.3 Å². The van der Waals surface area contributed by atoms with E-state index in [1.54, 1.807) is 30.7 Å². The van der Waals surface area contributed by atoms with Gasteiger partial charge in [-0.05, 0) is 16.4 Å². The van der Waals surface area contributed by atoms with Gasteiger partial charge in [-0.2, -0.15) is 10.5 Å². The molecule has 0 fully saturated rings. The Bertz CT molecular complexity index is 870. The third kappa shape index (κ3) is 3.63. The lowest BCUT2D eigenvalue weighted by Gasteiger charge is -2.14. The van der Waals surface area contributed by atoms with Crippen LogP contribution in [0, 0.1) is 22.7 Å². The Balaban J connectivity index is 2.45. The number of nitrogens with zero attached hydrogens (tertiary/aromatic N) is 3. The van der Waals surface area contributed by atoms with E-state index in [9.17, 15) is 4.21 Å². The summed E-state index contributed by atoms with van der Waals surface area (Å²) >= 11 is 0. The van der Waals surface area contributed by atoms with Crippen LogP contribution in [0.25, 0.3) is 0 Å². The van der Waals surface area contributed by atoms with E-state index in [2.05, 4.69) is 10.3 Å². The summed E-state index contributed by atoms with van der Waals surface area (Å²) in [4.78, 5) is 4.42. The fraction of sp³-hybridized carbons (Fsp3) is 0.125. The summed E-state index contributed by atoms with van der Waals surface area (Å²) in [7, 11) is -2.33. The molecule has 1 N–H and O–H groups in total. The van der Waals surface area contributed by atoms with Crippen molar-refractivity contribution in [1.29, 1.82) is 10.5 Å². The molecule has 0 aliphatic carbocycles. The maximum Gasteiger partial charge on any atom is 0.148 e. The first-order valence-corrected chi connectivity index (χ1v) is 8.52. The molecule has 1 aliphatic rings. The molecule has 1 heterocycles. The van der Waals surface area contributed by atoms with Gasteiger partial charge in [-0.1, -0.05) is 30.3 Å². The van der Waals surface area contributed by atoms with E-state index in [-0.39, 0.29) is 5.57 Å². The molecule has 6 heteroatoms. The minimum absolute atomic E-state index is 0.0329. The highest BCUT2D eigenvalue weighted by atomic mass is 32.2. The lowest BCUT2D eigenvalue weighted by Crippen LogP contribution is -2.21. The summed E-state index contributed by atoms with van der Waals surface area (Å²) in [5.74, 6) is 0.370. The van der Waals surface area contributed by atoms with Crippen molar-refractivity contribution in [2.24, 2.45) is 4.99 Å². The zero-order valence-electron chi connectivity index (χ0n) is 12.2. The molecule has 110 valence electrons. The second kappa shape index (κ2) is 6.30. The van der Waals surface area contributed by atoms with Crippen molar-refractivity contribution in [1.82, 2.24) is 5.32 Å². The third-order valence-corrected chi connectivity index (χ3v) is 4.30. The normalized spacial score (nSPS) is 19.6. The maximum absolute atomic E-state index is 12.5. The molecule has 1 aromatic carbocycles. The number of nitrogens with one attached hydrogen (secondary N) is 1. The first-order valence-electron chi connectivity index (χ1n) is 6.43. The average Bonchev–Trinajstić information content (AvgIpc) is 2.47. The molecule has 0 saturated heterocycles. The number of rotatable bonds is 3. The zero-order chi connectivity index (χ0) is 16.2. The van der Waals surface area contributed by atoms with Gasteiger partial charge in [0.15, 0.2) is 0 Å². The Labute approximate surface area is 129 Å². The predicted octanol–water partition coefficient (Wildman–Crippen LogP) is 1.92. The summed E-state index contributed by atoms with van der Waals surface area (Å²) in [6.07, 6.45) is 1.61. The lowest BCUT2D eigenvalue weighted by molar-refractivity contribution is 0.689. The van der Waals surface area contributed by atoms with Crippen molar-refractivity contribution < 1.29 is 4.21 Å². The van der Waals surface area contributed by atoms with Crippen LogP contribution in [0.4, 0.5) is 0 Å². The van der Waals surface area contributed by atoms with Crippen LogP contribution in [0.1, 0.15) is 12.5 Å². The number of aliphatic imine (C=N–C) groups is 1. The van der Waals surface area contributed by atoms with Crippen LogP contribution >= 0.6 is 0 Å². The van der Waals surface area contributed by atoms with E-state index in [0.29, 0.717) is 17.2 Å². The van der Waals surface area contributed by atoms with Gasteiger partial charge in [0.25, 0.3) is 0 Å². The van der Waals surface area contributed by atoms with E-state index in [0.717, 1.165) is 5.56 Å². The van der Waals surface area contributed by atoms with E-state index in [1.165, 1.54) is 5.41 Å². The van der Waals surface area contributed by atoms with Crippen LogP contribution in [0.3, 0.4) is 0 Å². The molecule has 22 heavy (non-hydrogen) atoms. The number of allylic oxidation sites excluding steroid dienone is 2. The highest BCUT2D eigenvalue weighted by molar-refractivity contribution is 8.04. The number of hydrogen-bond donors (Lipinski definition) is 1. The standard InChI is InChI=1S/C16H14N4OS/c1-12(14(8-17)9-18)19-16-11-22(2,21)10-15(20-16)13-6-4-3-5-7-13/h3-7,10-11H,1-2H3,(H,19,20). The van der Waals surface area contributed by atoms with Crippen LogP contribution in [0.5, 0.6) is 0 Å². The van der Waals surface area contributed by atoms with Crippen LogP contribution in [0.15, 0.2) is 57.8 Å². The summed E-state index contributed by atoms with van der Waals surface area (Å²) in [5, 5.41) is 23.8. The zero-order valence-corrected chi connectivity index (χ0v) is 13.0. The summed E-state index contributed by atoms with van der Waals surface area (Å²) in [6.45, 7) is 1.61. The van der Waals surface area contributed by atoms with Crippen molar-refractivity contribution in [3.05, 3.63) is 58.4 Å². The van der Waals surface area contributed by atoms with Gasteiger partial charge in [-0.3, -0.25) is 4.21 Å². The first kappa shape index (κ1) is 15.6. The average molecular weight is 310 g/mol. The second-order valence-electron chi connectivity index (χ2n) is 4.80. The van der Waals surface area contributed by atoms with Gasteiger partial charge in [0.2, 0.25) is 0 Å². The van der Waals surface area contributed by atoms with Crippen LogP contribution < -0.4 is 5.32 Å². The molecule has 5 nitrogen and oxygen atoms in total. The smallest absolute Gasteiger partial charge is 0.148 e. The number of benzene rings is 1. The summed E-state index contributed by atoms with van der Waals surface area (Å²) in [6, 6.07) is 13.0. The Morgan fingerprint density at radius 1 is 1.23 bits per heavy atom. The largest absolute Gasteiger partial charge is 0.342 e. The van der Waals surface area contributed by atoms with Gasteiger partial charge in [-0.15, -0.1) is 0 Å². The van der Waals surface area contributed by atoms with Gasteiger partial charge in [-0.25, -0.2) is 4.99 Å². The molecule has 0 spiro atoms. The highest BCUT2D eigenvalue weighted by Gasteiger charge is 2.13. The molecule has 0 radical (unpaired) electrons. The minimum Gasteiger partial charge on any atom is -0.342 e. The van der Waals surface area contributed by atoms with Crippen molar-refractivity contribution in [2.45, 2.75) is 6.92 Å². The van der Waals surface area contributed by atoms with Crippen LogP contribution in [-0.4, -0.2) is 21.5 Å². The minimum atomic E-state index is -2.33. The molecule has 0 saturated carbocycles. The molecule has 2 rings (SSSR count). The van der Waals surface area contributed by atoms with E-state index >= 15 is 0 Å². The molecule has 0 aromatic heterocycles. The Hall–Kier alpha value is -2.83.